The minimum absolute atomic E-state index is 0.131. The average molecular weight is 287 g/mol. The summed E-state index contributed by atoms with van der Waals surface area (Å²) in [4.78, 5) is 23.5. The van der Waals surface area contributed by atoms with Gasteiger partial charge in [-0.3, -0.25) is 4.79 Å². The third-order valence-corrected chi connectivity index (χ3v) is 3.22. The average Bonchev–Trinajstić information content (AvgIpc) is 2.86. The van der Waals surface area contributed by atoms with Crippen LogP contribution < -0.4 is 5.32 Å². The summed E-state index contributed by atoms with van der Waals surface area (Å²) in [5.41, 5.74) is 1.39. The van der Waals surface area contributed by atoms with Crippen molar-refractivity contribution in [1.82, 2.24) is 5.32 Å². The molecule has 0 fully saturated rings. The summed E-state index contributed by atoms with van der Waals surface area (Å²) in [6.07, 6.45) is 0.681. The fourth-order valence-electron chi connectivity index (χ4n) is 2.12. The van der Waals surface area contributed by atoms with E-state index < -0.39 is 17.9 Å². The van der Waals surface area contributed by atoms with Crippen molar-refractivity contribution in [3.63, 3.8) is 0 Å². The molecule has 2 rings (SSSR count). The van der Waals surface area contributed by atoms with Crippen LogP contribution in [0.15, 0.2) is 40.8 Å². The Balaban J connectivity index is 2.21. The molecule has 5 heteroatoms. The van der Waals surface area contributed by atoms with Crippen LogP contribution in [-0.4, -0.2) is 17.0 Å². The number of aliphatic carboxylic acids is 1. The van der Waals surface area contributed by atoms with Crippen LogP contribution >= 0.6 is 0 Å². The number of nitrogens with one attached hydrogen (secondary N) is 1. The van der Waals surface area contributed by atoms with E-state index >= 15 is 0 Å². The van der Waals surface area contributed by atoms with Crippen LogP contribution in [0.5, 0.6) is 0 Å². The molecule has 110 valence electrons. The van der Waals surface area contributed by atoms with Crippen molar-refractivity contribution in [3.8, 4) is 0 Å². The molecule has 21 heavy (non-hydrogen) atoms. The SMILES string of the molecule is CCc1oc(C(=O)N[C@@H](C(=O)O)c2ccccc2)cc1C. The van der Waals surface area contributed by atoms with Crippen molar-refractivity contribution in [2.24, 2.45) is 0 Å². The number of benzene rings is 1. The number of hydrogen-bond donors (Lipinski definition) is 2. The van der Waals surface area contributed by atoms with Crippen LogP contribution in [0.2, 0.25) is 0 Å². The molecule has 1 atom stereocenters. The smallest absolute Gasteiger partial charge is 0.330 e. The lowest BCUT2D eigenvalue weighted by Crippen LogP contribution is -2.33. The van der Waals surface area contributed by atoms with E-state index in [1.165, 1.54) is 0 Å². The molecular weight excluding hydrogens is 270 g/mol. The first-order valence-corrected chi connectivity index (χ1v) is 6.70. The number of furan rings is 1. The maximum atomic E-state index is 12.1. The van der Waals surface area contributed by atoms with Gasteiger partial charge in [-0.15, -0.1) is 0 Å². The predicted molar refractivity (Wildman–Crippen MR) is 77.1 cm³/mol. The second kappa shape index (κ2) is 6.26. The number of aryl methyl sites for hydroxylation is 2. The van der Waals surface area contributed by atoms with Gasteiger partial charge >= 0.3 is 5.97 Å². The first-order chi connectivity index (χ1) is 10.0. The molecule has 2 aromatic rings. The number of carbonyl (C=O) groups is 2. The molecule has 1 heterocycles. The lowest BCUT2D eigenvalue weighted by atomic mass is 10.1. The minimum atomic E-state index is -1.12. The molecule has 2 N–H and O–H groups in total. The maximum Gasteiger partial charge on any atom is 0.330 e. The van der Waals surface area contributed by atoms with E-state index in [1.807, 2.05) is 13.8 Å². The first kappa shape index (κ1) is 14.8. The summed E-state index contributed by atoms with van der Waals surface area (Å²) in [7, 11) is 0. The van der Waals surface area contributed by atoms with Crippen LogP contribution in [0.25, 0.3) is 0 Å². The molecule has 0 bridgehead atoms. The lowest BCUT2D eigenvalue weighted by Gasteiger charge is -2.13. The molecule has 1 aromatic carbocycles. The van der Waals surface area contributed by atoms with Gasteiger partial charge in [-0.2, -0.15) is 0 Å². The van der Waals surface area contributed by atoms with Gasteiger partial charge in [0.25, 0.3) is 5.91 Å². The normalized spacial score (nSPS) is 11.9. The Morgan fingerprint density at radius 1 is 1.29 bits per heavy atom. The van der Waals surface area contributed by atoms with Crippen LogP contribution in [-0.2, 0) is 11.2 Å². The summed E-state index contributed by atoms with van der Waals surface area (Å²) in [5.74, 6) is -0.791. The molecule has 5 nitrogen and oxygen atoms in total. The third-order valence-electron chi connectivity index (χ3n) is 3.22. The maximum absolute atomic E-state index is 12.1. The molecule has 0 aliphatic rings. The molecule has 0 radical (unpaired) electrons. The Bertz CT molecular complexity index is 646. The largest absolute Gasteiger partial charge is 0.479 e. The van der Waals surface area contributed by atoms with Crippen molar-refractivity contribution in [1.29, 1.82) is 0 Å². The van der Waals surface area contributed by atoms with Crippen molar-refractivity contribution in [2.45, 2.75) is 26.3 Å². The van der Waals surface area contributed by atoms with Crippen LogP contribution in [0.4, 0.5) is 0 Å². The number of hydrogen-bond acceptors (Lipinski definition) is 3. The number of carboxylic acids is 1. The zero-order valence-electron chi connectivity index (χ0n) is 11.9. The Morgan fingerprint density at radius 3 is 2.48 bits per heavy atom. The second-order valence-corrected chi connectivity index (χ2v) is 4.73. The van der Waals surface area contributed by atoms with E-state index in [2.05, 4.69) is 5.32 Å². The molecule has 0 aliphatic heterocycles. The summed E-state index contributed by atoms with van der Waals surface area (Å²) in [5, 5.41) is 11.8. The van der Waals surface area contributed by atoms with Gasteiger partial charge in [0.15, 0.2) is 11.8 Å². The topological polar surface area (TPSA) is 79.5 Å². The van der Waals surface area contributed by atoms with Gasteiger partial charge in [0.05, 0.1) is 0 Å². The second-order valence-electron chi connectivity index (χ2n) is 4.73. The van der Waals surface area contributed by atoms with Gasteiger partial charge in [0.1, 0.15) is 5.76 Å². The number of rotatable bonds is 5. The van der Waals surface area contributed by atoms with Crippen molar-refractivity contribution in [3.05, 3.63) is 59.0 Å². The summed E-state index contributed by atoms with van der Waals surface area (Å²) in [6, 6.07) is 9.07. The van der Waals surface area contributed by atoms with Gasteiger partial charge in [0, 0.05) is 6.42 Å². The van der Waals surface area contributed by atoms with Crippen LogP contribution in [0.1, 0.15) is 40.4 Å². The van der Waals surface area contributed by atoms with Crippen molar-refractivity contribution >= 4 is 11.9 Å². The molecule has 0 saturated heterocycles. The third kappa shape index (κ3) is 3.31. The highest BCUT2D eigenvalue weighted by Crippen LogP contribution is 2.18. The Morgan fingerprint density at radius 2 is 1.95 bits per heavy atom. The number of amides is 1. The zero-order chi connectivity index (χ0) is 15.4. The summed E-state index contributed by atoms with van der Waals surface area (Å²) >= 11 is 0. The lowest BCUT2D eigenvalue weighted by molar-refractivity contribution is -0.139. The zero-order valence-corrected chi connectivity index (χ0v) is 11.9. The molecule has 0 aliphatic carbocycles. The van der Waals surface area contributed by atoms with Crippen LogP contribution in [0, 0.1) is 6.92 Å². The van der Waals surface area contributed by atoms with Crippen molar-refractivity contribution < 1.29 is 19.1 Å². The molecule has 0 saturated carbocycles. The number of carboxylic acid groups (broad SMARTS) is 1. The molecule has 0 spiro atoms. The molecule has 1 amide bonds. The fourth-order valence-corrected chi connectivity index (χ4v) is 2.12. The van der Waals surface area contributed by atoms with E-state index in [4.69, 9.17) is 4.42 Å². The standard InChI is InChI=1S/C16H17NO4/c1-3-12-10(2)9-13(21-12)15(18)17-14(16(19)20)11-7-5-4-6-8-11/h4-9,14H,3H2,1-2H3,(H,17,18)(H,19,20)/t14-/m1/s1. The van der Waals surface area contributed by atoms with Gasteiger partial charge in [-0.05, 0) is 24.1 Å². The van der Waals surface area contributed by atoms with E-state index in [0.29, 0.717) is 12.0 Å². The number of carbonyl (C=O) groups excluding carboxylic acids is 1. The summed E-state index contributed by atoms with van der Waals surface area (Å²) < 4.78 is 5.44. The monoisotopic (exact) mass is 287 g/mol. The van der Waals surface area contributed by atoms with Crippen LogP contribution in [0.3, 0.4) is 0 Å². The predicted octanol–water partition coefficient (Wildman–Crippen LogP) is 2.71. The molecular formula is C16H17NO4. The van der Waals surface area contributed by atoms with Gasteiger partial charge in [-0.1, -0.05) is 37.3 Å². The Kier molecular flexibility index (Phi) is 4.42. The first-order valence-electron chi connectivity index (χ1n) is 6.70. The van der Waals surface area contributed by atoms with E-state index in [9.17, 15) is 14.7 Å². The highest BCUT2D eigenvalue weighted by atomic mass is 16.4. The van der Waals surface area contributed by atoms with Gasteiger partial charge < -0.3 is 14.8 Å². The van der Waals surface area contributed by atoms with E-state index in [0.717, 1.165) is 11.3 Å². The van der Waals surface area contributed by atoms with Gasteiger partial charge in [-0.25, -0.2) is 4.79 Å². The molecule has 1 aromatic heterocycles. The highest BCUT2D eigenvalue weighted by Gasteiger charge is 2.24. The molecule has 0 unspecified atom stereocenters. The fraction of sp³-hybridized carbons (Fsp3) is 0.250. The van der Waals surface area contributed by atoms with Gasteiger partial charge in [0.2, 0.25) is 0 Å². The van der Waals surface area contributed by atoms with E-state index in [1.54, 1.807) is 36.4 Å². The van der Waals surface area contributed by atoms with E-state index in [-0.39, 0.29) is 5.76 Å². The minimum Gasteiger partial charge on any atom is -0.479 e. The van der Waals surface area contributed by atoms with Crippen molar-refractivity contribution in [2.75, 3.05) is 0 Å². The Labute approximate surface area is 122 Å². The summed E-state index contributed by atoms with van der Waals surface area (Å²) in [6.45, 7) is 3.78. The quantitative estimate of drug-likeness (QED) is 0.886. The highest BCUT2D eigenvalue weighted by molar-refractivity contribution is 5.94. The Hall–Kier alpha value is -2.56.